The normalized spacial score (nSPS) is 25.9. The van der Waals surface area contributed by atoms with E-state index in [1.165, 1.54) is 0 Å². The fraction of sp³-hybridized carbons (Fsp3) is 0.846. The first kappa shape index (κ1) is 17.1. The van der Waals surface area contributed by atoms with Gasteiger partial charge in [0.2, 0.25) is 0 Å². The molecule has 0 aliphatic carbocycles. The molecule has 20 heavy (non-hydrogen) atoms. The van der Waals surface area contributed by atoms with Crippen LogP contribution in [0.15, 0.2) is 0 Å². The molecule has 116 valence electrons. The van der Waals surface area contributed by atoms with E-state index in [1.807, 2.05) is 0 Å². The number of carbonyl (C=O) groups is 1. The van der Waals surface area contributed by atoms with Crippen molar-refractivity contribution in [2.24, 2.45) is 0 Å². The molecule has 0 spiro atoms. The Kier molecular flexibility index (Phi) is 7.79. The van der Waals surface area contributed by atoms with Crippen LogP contribution in [0.4, 0.5) is 4.79 Å². The third kappa shape index (κ3) is 7.02. The third-order valence-electron chi connectivity index (χ3n) is 3.10. The van der Waals surface area contributed by atoms with E-state index in [9.17, 15) is 4.79 Å². The first-order valence-corrected chi connectivity index (χ1v) is 7.62. The van der Waals surface area contributed by atoms with E-state index in [0.29, 0.717) is 23.9 Å². The van der Waals surface area contributed by atoms with E-state index in [1.54, 1.807) is 11.8 Å². The largest absolute Gasteiger partial charge is 0.450 e. The molecule has 1 amide bonds. The van der Waals surface area contributed by atoms with Crippen molar-refractivity contribution in [2.45, 2.75) is 39.4 Å². The summed E-state index contributed by atoms with van der Waals surface area (Å²) in [4.78, 5) is 12.7. The van der Waals surface area contributed by atoms with E-state index in [2.05, 4.69) is 24.5 Å². The predicted molar refractivity (Wildman–Crippen MR) is 80.9 cm³/mol. The van der Waals surface area contributed by atoms with E-state index < -0.39 is 6.09 Å². The first-order chi connectivity index (χ1) is 9.51. The Morgan fingerprint density at radius 1 is 1.40 bits per heavy atom. The lowest BCUT2D eigenvalue weighted by Gasteiger charge is -2.32. The molecule has 0 bridgehead atoms. The molecule has 1 fully saturated rings. The first-order valence-electron chi connectivity index (χ1n) is 7.21. The molecule has 0 aromatic carbocycles. The Balaban J connectivity index is 2.09. The predicted octanol–water partition coefficient (Wildman–Crippen LogP) is -0.311. The summed E-state index contributed by atoms with van der Waals surface area (Å²) in [6, 6.07) is 0. The Morgan fingerprint density at radius 2 is 2.05 bits per heavy atom. The van der Waals surface area contributed by atoms with Gasteiger partial charge in [0.15, 0.2) is 5.11 Å². The highest BCUT2D eigenvalue weighted by Crippen LogP contribution is 1.98. The number of quaternary nitrogens is 1. The average Bonchev–Trinajstić information content (AvgIpc) is 2.33. The zero-order chi connectivity index (χ0) is 15.0. The van der Waals surface area contributed by atoms with Crippen LogP contribution >= 0.6 is 12.2 Å². The van der Waals surface area contributed by atoms with Crippen molar-refractivity contribution in [1.29, 1.82) is 0 Å². The van der Waals surface area contributed by atoms with Crippen LogP contribution in [-0.2, 0) is 9.47 Å². The van der Waals surface area contributed by atoms with Crippen LogP contribution in [0.1, 0.15) is 27.2 Å². The fourth-order valence-corrected chi connectivity index (χ4v) is 2.62. The highest BCUT2D eigenvalue weighted by atomic mass is 32.1. The summed E-state index contributed by atoms with van der Waals surface area (Å²) in [6.07, 6.45) is 1.15. The number of nitrogens with one attached hydrogen (secondary N) is 3. The monoisotopic (exact) mass is 304 g/mol. The second-order valence-electron chi connectivity index (χ2n) is 5.12. The van der Waals surface area contributed by atoms with Gasteiger partial charge in [-0.2, -0.15) is 0 Å². The van der Waals surface area contributed by atoms with Gasteiger partial charge in [-0.1, -0.05) is 0 Å². The lowest BCUT2D eigenvalue weighted by Crippen LogP contribution is -3.15. The summed E-state index contributed by atoms with van der Waals surface area (Å²) >= 11 is 5.00. The number of amides is 1. The summed E-state index contributed by atoms with van der Waals surface area (Å²) in [6.45, 7) is 10.3. The van der Waals surface area contributed by atoms with Crippen molar-refractivity contribution in [3.05, 3.63) is 0 Å². The molecule has 6 nitrogen and oxygen atoms in total. The molecule has 1 heterocycles. The van der Waals surface area contributed by atoms with Crippen molar-refractivity contribution in [2.75, 3.05) is 32.8 Å². The number of hydrogen-bond acceptors (Lipinski definition) is 4. The number of hydrogen-bond donors (Lipinski definition) is 3. The van der Waals surface area contributed by atoms with Crippen molar-refractivity contribution in [3.63, 3.8) is 0 Å². The molecule has 0 aromatic heterocycles. The lowest BCUT2D eigenvalue weighted by molar-refractivity contribution is -0.915. The summed E-state index contributed by atoms with van der Waals surface area (Å²) in [7, 11) is 0. The van der Waals surface area contributed by atoms with Crippen LogP contribution in [0.5, 0.6) is 0 Å². The zero-order valence-electron chi connectivity index (χ0n) is 12.5. The zero-order valence-corrected chi connectivity index (χ0v) is 13.3. The topological polar surface area (TPSA) is 64.0 Å². The van der Waals surface area contributed by atoms with Crippen LogP contribution in [-0.4, -0.2) is 56.2 Å². The Morgan fingerprint density at radius 3 is 2.65 bits per heavy atom. The Bertz CT molecular complexity index is 318. The minimum Gasteiger partial charge on any atom is -0.450 e. The molecule has 0 unspecified atom stereocenters. The molecule has 7 heteroatoms. The molecule has 0 aromatic rings. The number of ether oxygens (including phenoxy) is 2. The number of alkyl carbamates (subject to hydrolysis) is 1. The Labute approximate surface area is 126 Å². The highest BCUT2D eigenvalue weighted by Gasteiger charge is 2.24. The van der Waals surface area contributed by atoms with Crippen LogP contribution in [0.2, 0.25) is 0 Å². The van der Waals surface area contributed by atoms with Crippen molar-refractivity contribution >= 4 is 23.4 Å². The van der Waals surface area contributed by atoms with E-state index in [-0.39, 0.29) is 0 Å². The van der Waals surface area contributed by atoms with Crippen LogP contribution in [0.25, 0.3) is 0 Å². The minimum atomic E-state index is -0.508. The maximum Gasteiger partial charge on any atom is 0.413 e. The minimum absolute atomic E-state index is 0.321. The van der Waals surface area contributed by atoms with Gasteiger partial charge in [-0.25, -0.2) is 4.79 Å². The molecule has 1 aliphatic heterocycles. The van der Waals surface area contributed by atoms with Gasteiger partial charge in [0.1, 0.15) is 25.3 Å². The molecule has 1 aliphatic rings. The van der Waals surface area contributed by atoms with Crippen molar-refractivity contribution in [1.82, 2.24) is 10.6 Å². The average molecular weight is 304 g/mol. The summed E-state index contributed by atoms with van der Waals surface area (Å²) in [5.41, 5.74) is 0. The molecular weight excluding hydrogens is 278 g/mol. The second-order valence-corrected chi connectivity index (χ2v) is 5.53. The van der Waals surface area contributed by atoms with Crippen LogP contribution in [0.3, 0.4) is 0 Å². The number of thiocarbonyl (C=S) groups is 1. The SMILES string of the molecule is CCOC(=O)NC(=S)NCCC[NH+]1C[C@H](C)O[C@@H](C)C1. The van der Waals surface area contributed by atoms with E-state index in [4.69, 9.17) is 21.7 Å². The van der Waals surface area contributed by atoms with Crippen molar-refractivity contribution < 1.29 is 19.2 Å². The summed E-state index contributed by atoms with van der Waals surface area (Å²) < 4.78 is 10.5. The Hall–Kier alpha value is -0.920. The van der Waals surface area contributed by atoms with Gasteiger partial charge in [-0.3, -0.25) is 5.32 Å². The van der Waals surface area contributed by atoms with Gasteiger partial charge in [0, 0.05) is 13.0 Å². The molecule has 0 radical (unpaired) electrons. The smallest absolute Gasteiger partial charge is 0.413 e. The number of morpholine rings is 1. The summed E-state index contributed by atoms with van der Waals surface area (Å²) in [5.74, 6) is 0. The molecule has 0 saturated carbocycles. The lowest BCUT2D eigenvalue weighted by atomic mass is 10.2. The maximum absolute atomic E-state index is 11.1. The number of rotatable bonds is 5. The van der Waals surface area contributed by atoms with Gasteiger partial charge < -0.3 is 19.7 Å². The molecule has 3 N–H and O–H groups in total. The molecule has 2 atom stereocenters. The molecule has 1 rings (SSSR count). The van der Waals surface area contributed by atoms with Gasteiger partial charge in [0.05, 0.1) is 13.2 Å². The van der Waals surface area contributed by atoms with E-state index in [0.717, 1.165) is 32.6 Å². The standard InChI is InChI=1S/C13H25N3O3S/c1-4-18-13(17)15-12(20)14-6-5-7-16-8-10(2)19-11(3)9-16/h10-11H,4-9H2,1-3H3,(H2,14,15,17,20)/p+1/t10-,11-/m0/s1. The quantitative estimate of drug-likeness (QED) is 0.480. The van der Waals surface area contributed by atoms with E-state index >= 15 is 0 Å². The maximum atomic E-state index is 11.1. The fourth-order valence-electron chi connectivity index (χ4n) is 2.44. The molecule has 1 saturated heterocycles. The summed E-state index contributed by atoms with van der Waals surface area (Å²) in [5, 5.41) is 5.80. The van der Waals surface area contributed by atoms with Crippen LogP contribution in [0, 0.1) is 0 Å². The van der Waals surface area contributed by atoms with Gasteiger partial charge in [-0.05, 0) is 33.0 Å². The van der Waals surface area contributed by atoms with Gasteiger partial charge >= 0.3 is 6.09 Å². The van der Waals surface area contributed by atoms with Crippen LogP contribution < -0.4 is 15.5 Å². The number of carbonyl (C=O) groups excluding carboxylic acids is 1. The van der Waals surface area contributed by atoms with Gasteiger partial charge in [-0.15, -0.1) is 0 Å². The third-order valence-corrected chi connectivity index (χ3v) is 3.35. The van der Waals surface area contributed by atoms with Crippen molar-refractivity contribution in [3.8, 4) is 0 Å². The second kappa shape index (κ2) is 9.10. The molecular formula is C13H26N3O3S+. The van der Waals surface area contributed by atoms with Gasteiger partial charge in [0.25, 0.3) is 0 Å². The highest BCUT2D eigenvalue weighted by molar-refractivity contribution is 7.80.